The molecular weight excluding hydrogens is 204 g/mol. The van der Waals surface area contributed by atoms with E-state index >= 15 is 0 Å². The van der Waals surface area contributed by atoms with Crippen LogP contribution in [0.5, 0.6) is 0 Å². The third-order valence-corrected chi connectivity index (χ3v) is 1.96. The zero-order chi connectivity index (χ0) is 7.72. The summed E-state index contributed by atoms with van der Waals surface area (Å²) in [7, 11) is 0. The molecule has 0 aliphatic rings. The molecule has 54 valence electrons. The number of aromatic nitrogens is 1. The molecule has 1 aromatic rings. The van der Waals surface area contributed by atoms with Crippen LogP contribution in [-0.2, 0) is 0 Å². The molecule has 0 spiro atoms. The van der Waals surface area contributed by atoms with Crippen molar-refractivity contribution in [2.45, 2.75) is 6.92 Å². The minimum Gasteiger partial charge on any atom is -0.225 e. The SMILES string of the molecule is Cc1c(Br)cnc(F)c1F. The molecule has 1 nitrogen and oxygen atoms in total. The number of halogens is 3. The first-order valence-corrected chi connectivity index (χ1v) is 3.38. The predicted octanol–water partition coefficient (Wildman–Crippen LogP) is 2.43. The van der Waals surface area contributed by atoms with E-state index in [-0.39, 0.29) is 5.56 Å². The third kappa shape index (κ3) is 1.16. The number of rotatable bonds is 0. The molecule has 0 atom stereocenters. The monoisotopic (exact) mass is 207 g/mol. The first-order valence-electron chi connectivity index (χ1n) is 2.59. The van der Waals surface area contributed by atoms with Crippen LogP contribution in [0.4, 0.5) is 8.78 Å². The lowest BCUT2D eigenvalue weighted by Crippen LogP contribution is -1.93. The summed E-state index contributed by atoms with van der Waals surface area (Å²) in [5.74, 6) is -1.95. The standard InChI is InChI=1S/C6H4BrF2N/c1-3-4(7)2-10-6(9)5(3)8/h2H,1H3. The van der Waals surface area contributed by atoms with Crippen LogP contribution in [0.2, 0.25) is 0 Å². The van der Waals surface area contributed by atoms with Gasteiger partial charge in [-0.2, -0.15) is 4.39 Å². The highest BCUT2D eigenvalue weighted by molar-refractivity contribution is 9.10. The molecule has 1 rings (SSSR count). The molecule has 4 heteroatoms. The summed E-state index contributed by atoms with van der Waals surface area (Å²) in [6, 6.07) is 0. The summed E-state index contributed by atoms with van der Waals surface area (Å²) in [6.45, 7) is 1.48. The van der Waals surface area contributed by atoms with Gasteiger partial charge in [0.2, 0.25) is 5.95 Å². The van der Waals surface area contributed by atoms with Crippen molar-refractivity contribution < 1.29 is 8.78 Å². The Labute approximate surface area is 65.2 Å². The second-order valence-corrected chi connectivity index (χ2v) is 2.69. The van der Waals surface area contributed by atoms with Gasteiger partial charge in [0.15, 0.2) is 5.82 Å². The molecule has 0 saturated heterocycles. The zero-order valence-electron chi connectivity index (χ0n) is 5.16. The van der Waals surface area contributed by atoms with Crippen LogP contribution in [0.25, 0.3) is 0 Å². The molecule has 0 unspecified atom stereocenters. The van der Waals surface area contributed by atoms with Gasteiger partial charge in [-0.3, -0.25) is 0 Å². The summed E-state index contributed by atoms with van der Waals surface area (Å²) >= 11 is 3.01. The quantitative estimate of drug-likeness (QED) is 0.596. The second kappa shape index (κ2) is 2.62. The van der Waals surface area contributed by atoms with Crippen LogP contribution < -0.4 is 0 Å². The predicted molar refractivity (Wildman–Crippen MR) is 36.6 cm³/mol. The average molecular weight is 208 g/mol. The maximum atomic E-state index is 12.5. The van der Waals surface area contributed by atoms with Gasteiger partial charge in [0.25, 0.3) is 0 Å². The molecule has 1 aromatic heterocycles. The molecule has 0 saturated carbocycles. The van der Waals surface area contributed by atoms with E-state index in [0.717, 1.165) is 0 Å². The summed E-state index contributed by atoms with van der Waals surface area (Å²) < 4.78 is 25.3. The Kier molecular flexibility index (Phi) is 1.99. The molecule has 1 heterocycles. The Balaban J connectivity index is 3.34. The Morgan fingerprint density at radius 1 is 1.50 bits per heavy atom. The maximum absolute atomic E-state index is 12.5. The van der Waals surface area contributed by atoms with Gasteiger partial charge in [-0.25, -0.2) is 9.37 Å². The molecular formula is C6H4BrF2N. The van der Waals surface area contributed by atoms with Gasteiger partial charge in [0.1, 0.15) is 0 Å². The zero-order valence-corrected chi connectivity index (χ0v) is 6.74. The average Bonchev–Trinajstić information content (AvgIpc) is 1.93. The van der Waals surface area contributed by atoms with Crippen LogP contribution in [0.15, 0.2) is 10.7 Å². The van der Waals surface area contributed by atoms with Crippen molar-refractivity contribution >= 4 is 15.9 Å². The molecule has 0 aliphatic carbocycles. The van der Waals surface area contributed by atoms with Crippen molar-refractivity contribution in [2.24, 2.45) is 0 Å². The van der Waals surface area contributed by atoms with E-state index in [1.165, 1.54) is 13.1 Å². The smallest absolute Gasteiger partial charge is 0.225 e. The summed E-state index contributed by atoms with van der Waals surface area (Å²) in [6.07, 6.45) is 1.23. The van der Waals surface area contributed by atoms with Gasteiger partial charge in [-0.1, -0.05) is 0 Å². The summed E-state index contributed by atoms with van der Waals surface area (Å²) in [5, 5.41) is 0. The van der Waals surface area contributed by atoms with Crippen molar-refractivity contribution in [3.63, 3.8) is 0 Å². The van der Waals surface area contributed by atoms with E-state index in [9.17, 15) is 8.78 Å². The molecule has 0 fully saturated rings. The van der Waals surface area contributed by atoms with Crippen molar-refractivity contribution in [3.8, 4) is 0 Å². The van der Waals surface area contributed by atoms with Gasteiger partial charge in [-0.15, -0.1) is 0 Å². The number of hydrogen-bond acceptors (Lipinski definition) is 1. The van der Waals surface area contributed by atoms with E-state index in [2.05, 4.69) is 20.9 Å². The lowest BCUT2D eigenvalue weighted by molar-refractivity contribution is 0.473. The topological polar surface area (TPSA) is 12.9 Å². The largest absolute Gasteiger partial charge is 0.249 e. The lowest BCUT2D eigenvalue weighted by atomic mass is 10.3. The molecule has 0 aromatic carbocycles. The van der Waals surface area contributed by atoms with Gasteiger partial charge >= 0.3 is 0 Å². The Hall–Kier alpha value is -0.510. The molecule has 0 radical (unpaired) electrons. The fourth-order valence-corrected chi connectivity index (χ4v) is 0.803. The van der Waals surface area contributed by atoms with E-state index < -0.39 is 11.8 Å². The summed E-state index contributed by atoms with van der Waals surface area (Å²) in [4.78, 5) is 3.15. The molecule has 0 N–H and O–H groups in total. The van der Waals surface area contributed by atoms with Gasteiger partial charge in [0, 0.05) is 16.2 Å². The molecule has 0 amide bonds. The van der Waals surface area contributed by atoms with Gasteiger partial charge in [0.05, 0.1) is 0 Å². The van der Waals surface area contributed by atoms with E-state index in [1.54, 1.807) is 0 Å². The van der Waals surface area contributed by atoms with Crippen LogP contribution in [0.3, 0.4) is 0 Å². The van der Waals surface area contributed by atoms with Crippen LogP contribution >= 0.6 is 15.9 Å². The van der Waals surface area contributed by atoms with Crippen LogP contribution in [0.1, 0.15) is 5.56 Å². The minimum absolute atomic E-state index is 0.243. The second-order valence-electron chi connectivity index (χ2n) is 1.84. The van der Waals surface area contributed by atoms with Crippen molar-refractivity contribution in [1.82, 2.24) is 4.98 Å². The molecule has 0 bridgehead atoms. The van der Waals surface area contributed by atoms with E-state index in [0.29, 0.717) is 4.47 Å². The highest BCUT2D eigenvalue weighted by Crippen LogP contribution is 2.18. The maximum Gasteiger partial charge on any atom is 0.249 e. The van der Waals surface area contributed by atoms with Crippen LogP contribution in [-0.4, -0.2) is 4.98 Å². The minimum atomic E-state index is -1.05. The van der Waals surface area contributed by atoms with Crippen molar-refractivity contribution in [2.75, 3.05) is 0 Å². The first-order chi connectivity index (χ1) is 4.63. The van der Waals surface area contributed by atoms with E-state index in [4.69, 9.17) is 0 Å². The molecule has 0 aliphatic heterocycles. The lowest BCUT2D eigenvalue weighted by Gasteiger charge is -1.97. The number of pyridine rings is 1. The Bertz CT molecular complexity index is 235. The number of hydrogen-bond donors (Lipinski definition) is 0. The first kappa shape index (κ1) is 7.60. The van der Waals surface area contributed by atoms with E-state index in [1.807, 2.05) is 0 Å². The van der Waals surface area contributed by atoms with Gasteiger partial charge in [-0.05, 0) is 22.9 Å². The highest BCUT2D eigenvalue weighted by Gasteiger charge is 2.07. The summed E-state index contributed by atoms with van der Waals surface area (Å²) in [5.41, 5.74) is 0.243. The third-order valence-electron chi connectivity index (χ3n) is 1.16. The number of nitrogens with zero attached hydrogens (tertiary/aromatic N) is 1. The fraction of sp³-hybridized carbons (Fsp3) is 0.167. The Morgan fingerprint density at radius 2 is 2.10 bits per heavy atom. The van der Waals surface area contributed by atoms with Crippen molar-refractivity contribution in [3.05, 3.63) is 28.0 Å². The van der Waals surface area contributed by atoms with Gasteiger partial charge < -0.3 is 0 Å². The normalized spacial score (nSPS) is 10.0. The fourth-order valence-electron chi connectivity index (χ4n) is 0.526. The Morgan fingerprint density at radius 3 is 2.60 bits per heavy atom. The van der Waals surface area contributed by atoms with Crippen molar-refractivity contribution in [1.29, 1.82) is 0 Å². The highest BCUT2D eigenvalue weighted by atomic mass is 79.9. The molecule has 10 heavy (non-hydrogen) atoms. The van der Waals surface area contributed by atoms with Crippen LogP contribution in [0, 0.1) is 18.7 Å².